The van der Waals surface area contributed by atoms with E-state index in [1.165, 1.54) is 25.3 Å². The maximum Gasteiger partial charge on any atom is 0.337 e. The molecule has 0 atom stereocenters. The molecule has 8 nitrogen and oxygen atoms in total. The summed E-state index contributed by atoms with van der Waals surface area (Å²) in [4.78, 5) is 11.7. The van der Waals surface area contributed by atoms with E-state index in [-0.39, 0.29) is 11.4 Å². The topological polar surface area (TPSA) is 103 Å². The summed E-state index contributed by atoms with van der Waals surface area (Å²) in [6.45, 7) is 2.53. The molecule has 0 aliphatic carbocycles. The number of hydrogen-bond acceptors (Lipinski definition) is 6. The predicted molar refractivity (Wildman–Crippen MR) is 89.5 cm³/mol. The van der Waals surface area contributed by atoms with Crippen LogP contribution in [-0.2, 0) is 34.3 Å². The minimum absolute atomic E-state index is 0.0769. The summed E-state index contributed by atoms with van der Waals surface area (Å²) in [6.07, 6.45) is 2.99. The van der Waals surface area contributed by atoms with Crippen LogP contribution in [0, 0.1) is 6.92 Å². The van der Waals surface area contributed by atoms with E-state index in [1.54, 1.807) is 6.92 Å². The van der Waals surface area contributed by atoms with Crippen molar-refractivity contribution in [3.63, 3.8) is 0 Å². The average Bonchev–Trinajstić information content (AvgIpc) is 3.02. The van der Waals surface area contributed by atoms with Gasteiger partial charge < -0.3 is 9.30 Å². The fourth-order valence-electron chi connectivity index (χ4n) is 2.93. The molecule has 0 radical (unpaired) electrons. The molecule has 0 fully saturated rings. The van der Waals surface area contributed by atoms with Crippen LogP contribution in [0.15, 0.2) is 23.1 Å². The highest BCUT2D eigenvalue weighted by Gasteiger charge is 2.21. The Kier molecular flexibility index (Phi) is 4.87. The number of carbonyl (C=O) groups excluding carboxylic acids is 1. The molecule has 9 heteroatoms. The van der Waals surface area contributed by atoms with E-state index in [9.17, 15) is 13.2 Å². The van der Waals surface area contributed by atoms with Crippen molar-refractivity contribution in [2.24, 2.45) is 0 Å². The van der Waals surface area contributed by atoms with Crippen LogP contribution in [0.4, 0.5) is 0 Å². The molecule has 25 heavy (non-hydrogen) atoms. The normalized spacial score (nSPS) is 14.2. The molecule has 0 saturated carbocycles. The van der Waals surface area contributed by atoms with Gasteiger partial charge in [0, 0.05) is 13.0 Å². The summed E-state index contributed by atoms with van der Waals surface area (Å²) < 4.78 is 34.3. The van der Waals surface area contributed by atoms with Crippen LogP contribution in [0.25, 0.3) is 0 Å². The summed E-state index contributed by atoms with van der Waals surface area (Å²) in [5.74, 6) is 1.01. The number of aryl methyl sites for hydroxylation is 2. The quantitative estimate of drug-likeness (QED) is 0.800. The molecule has 2 aromatic rings. The number of fused-ring (bicyclic) bond motifs is 1. The molecule has 134 valence electrons. The fraction of sp³-hybridized carbons (Fsp3) is 0.438. The summed E-state index contributed by atoms with van der Waals surface area (Å²) >= 11 is 0. The van der Waals surface area contributed by atoms with Crippen molar-refractivity contribution >= 4 is 16.0 Å². The minimum atomic E-state index is -3.73. The third-order valence-electron chi connectivity index (χ3n) is 4.24. The summed E-state index contributed by atoms with van der Waals surface area (Å²) in [5.41, 5.74) is 0.782. The fourth-order valence-corrected chi connectivity index (χ4v) is 4.14. The Morgan fingerprint density at radius 3 is 2.84 bits per heavy atom. The summed E-state index contributed by atoms with van der Waals surface area (Å²) in [7, 11) is -2.45. The lowest BCUT2D eigenvalue weighted by atomic mass is 10.1. The Morgan fingerprint density at radius 2 is 2.12 bits per heavy atom. The molecule has 0 bridgehead atoms. The van der Waals surface area contributed by atoms with Crippen molar-refractivity contribution in [2.75, 3.05) is 7.11 Å². The van der Waals surface area contributed by atoms with Crippen molar-refractivity contribution in [1.82, 2.24) is 19.5 Å². The van der Waals surface area contributed by atoms with Crippen LogP contribution in [0.2, 0.25) is 0 Å². The van der Waals surface area contributed by atoms with Crippen LogP contribution in [-0.4, -0.2) is 36.3 Å². The van der Waals surface area contributed by atoms with Crippen LogP contribution >= 0.6 is 0 Å². The number of esters is 1. The van der Waals surface area contributed by atoms with E-state index in [2.05, 4.69) is 19.7 Å². The Balaban J connectivity index is 1.78. The number of sulfonamides is 1. The number of aromatic nitrogens is 3. The maximum atomic E-state index is 12.6. The lowest BCUT2D eigenvalue weighted by molar-refractivity contribution is 0.0600. The number of nitrogens with zero attached hydrogens (tertiary/aromatic N) is 3. The first-order valence-corrected chi connectivity index (χ1v) is 9.50. The number of nitrogens with one attached hydrogen (secondary N) is 1. The second kappa shape index (κ2) is 6.93. The van der Waals surface area contributed by atoms with Gasteiger partial charge in [0.15, 0.2) is 0 Å². The van der Waals surface area contributed by atoms with Gasteiger partial charge >= 0.3 is 5.97 Å². The molecule has 1 aromatic heterocycles. The molecule has 1 aromatic carbocycles. The highest BCUT2D eigenvalue weighted by Crippen LogP contribution is 2.18. The van der Waals surface area contributed by atoms with Gasteiger partial charge in [-0.25, -0.2) is 17.9 Å². The van der Waals surface area contributed by atoms with Gasteiger partial charge in [0.1, 0.15) is 11.6 Å². The van der Waals surface area contributed by atoms with Gasteiger partial charge in [0.25, 0.3) is 0 Å². The molecule has 0 spiro atoms. The van der Waals surface area contributed by atoms with Crippen LogP contribution < -0.4 is 4.72 Å². The highest BCUT2D eigenvalue weighted by atomic mass is 32.2. The van der Waals surface area contributed by atoms with E-state index in [0.717, 1.165) is 31.6 Å². The molecular formula is C16H20N4O4S. The first kappa shape index (κ1) is 17.6. The number of carbonyl (C=O) groups is 1. The van der Waals surface area contributed by atoms with E-state index in [1.807, 2.05) is 4.57 Å². The first-order chi connectivity index (χ1) is 11.9. The minimum Gasteiger partial charge on any atom is -0.465 e. The third kappa shape index (κ3) is 3.57. The van der Waals surface area contributed by atoms with E-state index < -0.39 is 16.0 Å². The summed E-state index contributed by atoms with van der Waals surface area (Å²) in [6, 6.07) is 4.34. The van der Waals surface area contributed by atoms with Crippen molar-refractivity contribution in [1.29, 1.82) is 0 Å². The van der Waals surface area contributed by atoms with Gasteiger partial charge in [-0.05, 0) is 43.5 Å². The van der Waals surface area contributed by atoms with Crippen LogP contribution in [0.3, 0.4) is 0 Å². The summed E-state index contributed by atoms with van der Waals surface area (Å²) in [5, 5.41) is 8.21. The molecule has 1 aliphatic rings. The van der Waals surface area contributed by atoms with Gasteiger partial charge in [-0.1, -0.05) is 0 Å². The highest BCUT2D eigenvalue weighted by molar-refractivity contribution is 7.89. The van der Waals surface area contributed by atoms with Gasteiger partial charge in [0.05, 0.1) is 24.1 Å². The zero-order valence-electron chi connectivity index (χ0n) is 14.2. The molecule has 1 aliphatic heterocycles. The number of methoxy groups -OCH3 is 1. The lowest BCUT2D eigenvalue weighted by Gasteiger charge is -2.15. The van der Waals surface area contributed by atoms with E-state index in [0.29, 0.717) is 17.0 Å². The van der Waals surface area contributed by atoms with E-state index >= 15 is 0 Å². The monoisotopic (exact) mass is 364 g/mol. The Morgan fingerprint density at radius 1 is 1.32 bits per heavy atom. The molecule has 0 saturated heterocycles. The SMILES string of the molecule is COC(=O)c1ccc(S(=O)(=O)NCc2nnc3n2CCCC3)c(C)c1. The lowest BCUT2D eigenvalue weighted by Crippen LogP contribution is -2.26. The van der Waals surface area contributed by atoms with Crippen molar-refractivity contribution in [3.05, 3.63) is 41.0 Å². The van der Waals surface area contributed by atoms with Gasteiger partial charge in [-0.15, -0.1) is 10.2 Å². The van der Waals surface area contributed by atoms with Crippen LogP contribution in [0.5, 0.6) is 0 Å². The molecule has 1 N–H and O–H groups in total. The molecule has 0 unspecified atom stereocenters. The molecule has 0 amide bonds. The zero-order chi connectivity index (χ0) is 18.0. The maximum absolute atomic E-state index is 12.6. The van der Waals surface area contributed by atoms with Crippen molar-refractivity contribution in [3.8, 4) is 0 Å². The zero-order valence-corrected chi connectivity index (χ0v) is 15.0. The van der Waals surface area contributed by atoms with Crippen molar-refractivity contribution in [2.45, 2.75) is 44.2 Å². The Labute approximate surface area is 146 Å². The van der Waals surface area contributed by atoms with E-state index in [4.69, 9.17) is 0 Å². The molecule has 2 heterocycles. The molecular weight excluding hydrogens is 344 g/mol. The number of benzene rings is 1. The Hall–Kier alpha value is -2.26. The first-order valence-electron chi connectivity index (χ1n) is 8.02. The number of hydrogen-bond donors (Lipinski definition) is 1. The standard InChI is InChI=1S/C16H20N4O4S/c1-11-9-12(16(21)24-2)6-7-13(11)25(22,23)17-10-15-19-18-14-5-3-4-8-20(14)15/h6-7,9,17H,3-5,8,10H2,1-2H3. The Bertz CT molecular complexity index is 905. The van der Waals surface area contributed by atoms with Gasteiger partial charge in [-0.2, -0.15) is 0 Å². The second-order valence-electron chi connectivity index (χ2n) is 5.94. The average molecular weight is 364 g/mol. The smallest absolute Gasteiger partial charge is 0.337 e. The van der Waals surface area contributed by atoms with Crippen LogP contribution in [0.1, 0.15) is 40.4 Å². The van der Waals surface area contributed by atoms with Crippen molar-refractivity contribution < 1.29 is 17.9 Å². The number of ether oxygens (including phenoxy) is 1. The third-order valence-corrected chi connectivity index (χ3v) is 5.80. The van der Waals surface area contributed by atoms with Gasteiger partial charge in [0.2, 0.25) is 10.0 Å². The largest absolute Gasteiger partial charge is 0.465 e. The molecule has 3 rings (SSSR count). The van der Waals surface area contributed by atoms with Gasteiger partial charge in [-0.3, -0.25) is 0 Å². The predicted octanol–water partition coefficient (Wildman–Crippen LogP) is 1.19. The second-order valence-corrected chi connectivity index (χ2v) is 7.67. The number of rotatable bonds is 5.